The summed E-state index contributed by atoms with van der Waals surface area (Å²) in [6.45, 7) is 4.29. The van der Waals surface area contributed by atoms with Crippen molar-refractivity contribution in [2.24, 2.45) is 0 Å². The summed E-state index contributed by atoms with van der Waals surface area (Å²) in [4.78, 5) is 0. The van der Waals surface area contributed by atoms with Crippen LogP contribution in [0.4, 0.5) is 15.8 Å². The number of hydrogen-bond donors (Lipinski definition) is 4. The highest BCUT2D eigenvalue weighted by atomic mass is 19.1. The maximum atomic E-state index is 13.0. The van der Waals surface area contributed by atoms with Gasteiger partial charge in [0.2, 0.25) is 0 Å². The molecule has 2 aromatic carbocycles. The molecule has 0 bridgehead atoms. The molecular weight excluding hydrogens is 321 g/mol. The fourth-order valence-corrected chi connectivity index (χ4v) is 3.12. The highest BCUT2D eigenvalue weighted by Crippen LogP contribution is 2.42. The number of fused-ring (bicyclic) bond motifs is 1. The van der Waals surface area contributed by atoms with E-state index in [2.05, 4.69) is 5.32 Å². The molecule has 6 N–H and O–H groups in total. The van der Waals surface area contributed by atoms with Gasteiger partial charge >= 0.3 is 0 Å². The first-order valence-electron chi connectivity index (χ1n) is 8.32. The average molecular weight is 345 g/mol. The lowest BCUT2D eigenvalue weighted by Crippen LogP contribution is -2.52. The van der Waals surface area contributed by atoms with Crippen molar-refractivity contribution in [3.8, 4) is 5.75 Å². The minimum Gasteiger partial charge on any atom is -0.485 e. The summed E-state index contributed by atoms with van der Waals surface area (Å²) in [5.41, 5.74) is 13.8. The van der Waals surface area contributed by atoms with E-state index in [1.54, 1.807) is 24.3 Å². The van der Waals surface area contributed by atoms with Crippen molar-refractivity contribution >= 4 is 11.4 Å². The van der Waals surface area contributed by atoms with Crippen LogP contribution < -0.4 is 21.5 Å². The highest BCUT2D eigenvalue weighted by Gasteiger charge is 2.42. The standard InChI is InChI=1S/C19H24FN3O2/c1-19(2)18(24)17(13-9-14(21)15(22)10-16(13)25-19)23-8-7-11-3-5-12(20)6-4-11/h3-6,9-10,17-18,23-24H,7-8,21-22H2,1-2H3/t17-,18+/m0/s1. The Labute approximate surface area is 146 Å². The summed E-state index contributed by atoms with van der Waals surface area (Å²) in [7, 11) is 0. The minimum absolute atomic E-state index is 0.250. The van der Waals surface area contributed by atoms with Crippen molar-refractivity contribution in [1.29, 1.82) is 0 Å². The lowest BCUT2D eigenvalue weighted by atomic mass is 9.86. The Morgan fingerprint density at radius 1 is 1.16 bits per heavy atom. The highest BCUT2D eigenvalue weighted by molar-refractivity contribution is 5.68. The second-order valence-electron chi connectivity index (χ2n) is 6.98. The summed E-state index contributed by atoms with van der Waals surface area (Å²) >= 11 is 0. The van der Waals surface area contributed by atoms with Gasteiger partial charge in [-0.3, -0.25) is 0 Å². The molecule has 0 spiro atoms. The zero-order valence-electron chi connectivity index (χ0n) is 14.4. The van der Waals surface area contributed by atoms with Crippen LogP contribution in [0.15, 0.2) is 36.4 Å². The first-order chi connectivity index (χ1) is 11.8. The van der Waals surface area contributed by atoms with Crippen LogP contribution in [0.3, 0.4) is 0 Å². The lowest BCUT2D eigenvalue weighted by molar-refractivity contribution is -0.0643. The number of nitrogens with two attached hydrogens (primary N) is 2. The molecule has 0 amide bonds. The molecule has 0 fully saturated rings. The SMILES string of the molecule is CC1(C)Oc2cc(N)c(N)cc2[C@H](NCCc2ccc(F)cc2)[C@H]1O. The predicted molar refractivity (Wildman–Crippen MR) is 96.8 cm³/mol. The third-order valence-corrected chi connectivity index (χ3v) is 4.64. The number of nitrogen functional groups attached to an aromatic ring is 2. The summed E-state index contributed by atoms with van der Waals surface area (Å²) in [6.07, 6.45) is -0.0406. The molecule has 1 heterocycles. The van der Waals surface area contributed by atoms with Crippen molar-refractivity contribution in [1.82, 2.24) is 5.32 Å². The average Bonchev–Trinajstić information content (AvgIpc) is 2.55. The van der Waals surface area contributed by atoms with Crippen LogP contribution in [0, 0.1) is 5.82 Å². The van der Waals surface area contributed by atoms with Crippen LogP contribution in [-0.2, 0) is 6.42 Å². The first kappa shape index (κ1) is 17.5. The smallest absolute Gasteiger partial charge is 0.131 e. The summed E-state index contributed by atoms with van der Waals surface area (Å²) in [5, 5.41) is 14.1. The molecule has 2 aromatic rings. The Morgan fingerprint density at radius 3 is 2.48 bits per heavy atom. The van der Waals surface area contributed by atoms with E-state index in [9.17, 15) is 9.50 Å². The Kier molecular flexibility index (Phi) is 4.58. The van der Waals surface area contributed by atoms with Gasteiger partial charge in [0.1, 0.15) is 23.3 Å². The number of ether oxygens (including phenoxy) is 1. The van der Waals surface area contributed by atoms with Crippen molar-refractivity contribution in [2.75, 3.05) is 18.0 Å². The molecule has 0 aliphatic carbocycles. The number of halogens is 1. The van der Waals surface area contributed by atoms with Crippen LogP contribution in [0.25, 0.3) is 0 Å². The van der Waals surface area contributed by atoms with Gasteiger partial charge in [0.25, 0.3) is 0 Å². The van der Waals surface area contributed by atoms with Crippen LogP contribution in [0.2, 0.25) is 0 Å². The van der Waals surface area contributed by atoms with E-state index in [4.69, 9.17) is 16.2 Å². The number of aliphatic hydroxyl groups excluding tert-OH is 1. The molecule has 0 saturated heterocycles. The van der Waals surface area contributed by atoms with E-state index in [1.807, 2.05) is 13.8 Å². The van der Waals surface area contributed by atoms with Gasteiger partial charge in [-0.1, -0.05) is 12.1 Å². The van der Waals surface area contributed by atoms with Gasteiger partial charge in [-0.25, -0.2) is 4.39 Å². The Balaban J connectivity index is 1.79. The molecule has 5 nitrogen and oxygen atoms in total. The molecular formula is C19H24FN3O2. The van der Waals surface area contributed by atoms with Crippen molar-refractivity contribution < 1.29 is 14.2 Å². The van der Waals surface area contributed by atoms with Crippen molar-refractivity contribution in [2.45, 2.75) is 38.0 Å². The molecule has 0 unspecified atom stereocenters. The Morgan fingerprint density at radius 2 is 1.80 bits per heavy atom. The molecule has 2 atom stereocenters. The van der Waals surface area contributed by atoms with Gasteiger partial charge in [-0.05, 0) is 50.6 Å². The zero-order valence-corrected chi connectivity index (χ0v) is 14.4. The fraction of sp³-hybridized carbons (Fsp3) is 0.368. The monoisotopic (exact) mass is 345 g/mol. The van der Waals surface area contributed by atoms with Crippen molar-refractivity contribution in [3.05, 3.63) is 53.3 Å². The maximum Gasteiger partial charge on any atom is 0.131 e. The van der Waals surface area contributed by atoms with E-state index < -0.39 is 11.7 Å². The number of nitrogens with one attached hydrogen (secondary N) is 1. The number of anilines is 2. The number of benzene rings is 2. The van der Waals surface area contributed by atoms with Gasteiger partial charge in [0.15, 0.2) is 0 Å². The quantitative estimate of drug-likeness (QED) is 0.639. The number of rotatable bonds is 4. The van der Waals surface area contributed by atoms with Gasteiger partial charge in [-0.2, -0.15) is 0 Å². The molecule has 25 heavy (non-hydrogen) atoms. The second kappa shape index (κ2) is 6.54. The van der Waals surface area contributed by atoms with Gasteiger partial charge in [0, 0.05) is 11.6 Å². The van der Waals surface area contributed by atoms with E-state index >= 15 is 0 Å². The van der Waals surface area contributed by atoms with E-state index in [0.717, 1.165) is 11.1 Å². The van der Waals surface area contributed by atoms with Gasteiger partial charge < -0.3 is 26.6 Å². The van der Waals surface area contributed by atoms with Crippen LogP contribution in [0.5, 0.6) is 5.75 Å². The van der Waals surface area contributed by atoms with Gasteiger partial charge in [-0.15, -0.1) is 0 Å². The summed E-state index contributed by atoms with van der Waals surface area (Å²) in [6, 6.07) is 9.52. The molecule has 1 aliphatic rings. The number of hydrogen-bond acceptors (Lipinski definition) is 5. The first-order valence-corrected chi connectivity index (χ1v) is 8.32. The summed E-state index contributed by atoms with van der Waals surface area (Å²) < 4.78 is 18.9. The predicted octanol–water partition coefficient (Wildman–Crippen LogP) is 2.40. The molecule has 0 aromatic heterocycles. The third-order valence-electron chi connectivity index (χ3n) is 4.64. The largest absolute Gasteiger partial charge is 0.485 e. The van der Waals surface area contributed by atoms with Crippen molar-refractivity contribution in [3.63, 3.8) is 0 Å². The molecule has 1 aliphatic heterocycles. The fourth-order valence-electron chi connectivity index (χ4n) is 3.12. The lowest BCUT2D eigenvalue weighted by Gasteiger charge is -2.42. The number of aliphatic hydroxyl groups is 1. The molecule has 3 rings (SSSR count). The Bertz CT molecular complexity index is 762. The van der Waals surface area contributed by atoms with E-state index in [-0.39, 0.29) is 11.9 Å². The molecule has 134 valence electrons. The normalized spacial score (nSPS) is 21.4. The van der Waals surface area contributed by atoms with E-state index in [0.29, 0.717) is 30.1 Å². The van der Waals surface area contributed by atoms with Crippen LogP contribution in [0.1, 0.15) is 31.0 Å². The second-order valence-corrected chi connectivity index (χ2v) is 6.98. The molecule has 0 saturated carbocycles. The molecule has 6 heteroatoms. The Hall–Kier alpha value is -2.31. The van der Waals surface area contributed by atoms with E-state index in [1.165, 1.54) is 12.1 Å². The summed E-state index contributed by atoms with van der Waals surface area (Å²) in [5.74, 6) is 0.376. The minimum atomic E-state index is -0.761. The van der Waals surface area contributed by atoms with Crippen LogP contribution >= 0.6 is 0 Å². The topological polar surface area (TPSA) is 93.5 Å². The third kappa shape index (κ3) is 3.55. The zero-order chi connectivity index (χ0) is 18.2. The molecule has 0 radical (unpaired) electrons. The van der Waals surface area contributed by atoms with Gasteiger partial charge in [0.05, 0.1) is 17.4 Å². The van der Waals surface area contributed by atoms with Crippen LogP contribution in [-0.4, -0.2) is 23.4 Å². The maximum absolute atomic E-state index is 13.0.